The highest BCUT2D eigenvalue weighted by Gasteiger charge is 2.20. The molecule has 0 aliphatic heterocycles. The highest BCUT2D eigenvalue weighted by atomic mass is 19.3. The minimum Gasteiger partial charge on any atom is -0.467 e. The summed E-state index contributed by atoms with van der Waals surface area (Å²) < 4.78 is 28.2. The van der Waals surface area contributed by atoms with Crippen molar-refractivity contribution < 1.29 is 18.4 Å². The van der Waals surface area contributed by atoms with Crippen LogP contribution in [0.4, 0.5) is 20.4 Å². The van der Waals surface area contributed by atoms with Crippen LogP contribution in [0.1, 0.15) is 0 Å². The number of nitro groups is 1. The van der Waals surface area contributed by atoms with E-state index in [2.05, 4.69) is 14.7 Å². The van der Waals surface area contributed by atoms with Crippen molar-refractivity contribution in [3.05, 3.63) is 16.3 Å². The Bertz CT molecular complexity index is 388. The summed E-state index contributed by atoms with van der Waals surface area (Å²) in [6, 6.07) is 0. The van der Waals surface area contributed by atoms with Crippen LogP contribution in [-0.4, -0.2) is 27.9 Å². The number of alkyl halides is 2. The molecule has 88 valence electrons. The van der Waals surface area contributed by atoms with Crippen LogP contribution in [0.2, 0.25) is 0 Å². The van der Waals surface area contributed by atoms with E-state index in [1.54, 1.807) is 0 Å². The van der Waals surface area contributed by atoms with Crippen LogP contribution in [0.25, 0.3) is 0 Å². The fraction of sp³-hybridized carbons (Fsp3) is 0.333. The van der Waals surface area contributed by atoms with Crippen molar-refractivity contribution in [1.29, 1.82) is 0 Å². The molecule has 0 atom stereocenters. The number of rotatable bonds is 5. The predicted octanol–water partition coefficient (Wildman–Crippen LogP) is 0.314. The predicted molar refractivity (Wildman–Crippen MR) is 48.0 cm³/mol. The van der Waals surface area contributed by atoms with Crippen molar-refractivity contribution in [2.24, 2.45) is 5.84 Å². The van der Waals surface area contributed by atoms with E-state index in [0.29, 0.717) is 0 Å². The van der Waals surface area contributed by atoms with Crippen LogP contribution in [0.3, 0.4) is 0 Å². The molecule has 0 saturated carbocycles. The van der Waals surface area contributed by atoms with E-state index < -0.39 is 29.5 Å². The van der Waals surface area contributed by atoms with E-state index in [4.69, 9.17) is 5.84 Å². The van der Waals surface area contributed by atoms with Crippen LogP contribution < -0.4 is 16.0 Å². The van der Waals surface area contributed by atoms with Gasteiger partial charge in [0.25, 0.3) is 12.3 Å². The number of nitrogens with one attached hydrogen (secondary N) is 1. The average molecular weight is 235 g/mol. The molecule has 0 radical (unpaired) electrons. The Morgan fingerprint density at radius 1 is 1.69 bits per heavy atom. The fourth-order valence-corrected chi connectivity index (χ4v) is 0.803. The van der Waals surface area contributed by atoms with Gasteiger partial charge in [0, 0.05) is 0 Å². The summed E-state index contributed by atoms with van der Waals surface area (Å²) in [4.78, 5) is 16.5. The van der Waals surface area contributed by atoms with Crippen molar-refractivity contribution in [3.8, 4) is 5.88 Å². The lowest BCUT2D eigenvalue weighted by atomic mass is 10.5. The molecule has 0 bridgehead atoms. The van der Waals surface area contributed by atoms with Crippen molar-refractivity contribution in [3.63, 3.8) is 0 Å². The first-order valence-corrected chi connectivity index (χ1v) is 3.93. The molecule has 0 spiro atoms. The van der Waals surface area contributed by atoms with E-state index in [1.165, 1.54) is 0 Å². The zero-order valence-electron chi connectivity index (χ0n) is 7.76. The normalized spacial score (nSPS) is 10.2. The van der Waals surface area contributed by atoms with E-state index in [0.717, 1.165) is 6.20 Å². The summed E-state index contributed by atoms with van der Waals surface area (Å²) in [6.07, 6.45) is -1.95. The number of nitrogens with zero attached hydrogens (tertiary/aromatic N) is 3. The SMILES string of the molecule is NNc1ncc([N+](=O)[O-])c(OCC(F)F)n1. The first kappa shape index (κ1) is 12.0. The van der Waals surface area contributed by atoms with Gasteiger partial charge >= 0.3 is 5.69 Å². The molecule has 8 nitrogen and oxygen atoms in total. The minimum absolute atomic E-state index is 0.171. The van der Waals surface area contributed by atoms with Crippen LogP contribution in [0, 0.1) is 10.1 Å². The lowest BCUT2D eigenvalue weighted by Gasteiger charge is -2.05. The Morgan fingerprint density at radius 2 is 2.38 bits per heavy atom. The molecule has 0 saturated heterocycles. The smallest absolute Gasteiger partial charge is 0.349 e. The Hall–Kier alpha value is -2.10. The summed E-state index contributed by atoms with van der Waals surface area (Å²) >= 11 is 0. The summed E-state index contributed by atoms with van der Waals surface area (Å²) in [7, 11) is 0. The van der Waals surface area contributed by atoms with Crippen LogP contribution >= 0.6 is 0 Å². The number of hydrazine groups is 1. The summed E-state index contributed by atoms with van der Waals surface area (Å²) in [5.41, 5.74) is 1.40. The molecule has 0 aliphatic rings. The molecule has 1 aromatic heterocycles. The standard InChI is InChI=1S/C6H7F2N5O3/c7-4(8)2-16-5-3(13(14)15)1-10-6(11-5)12-9/h1,4H,2,9H2,(H,10,11,12). The number of hydrogen-bond acceptors (Lipinski definition) is 7. The van der Waals surface area contributed by atoms with Crippen molar-refractivity contribution in [2.75, 3.05) is 12.0 Å². The molecule has 1 rings (SSSR count). The van der Waals surface area contributed by atoms with E-state index in [-0.39, 0.29) is 5.95 Å². The monoisotopic (exact) mass is 235 g/mol. The van der Waals surface area contributed by atoms with Crippen molar-refractivity contribution in [2.45, 2.75) is 6.43 Å². The Labute approximate surface area is 87.6 Å². The molecule has 1 heterocycles. The van der Waals surface area contributed by atoms with Gasteiger partial charge in [-0.15, -0.1) is 0 Å². The number of anilines is 1. The van der Waals surface area contributed by atoms with Gasteiger partial charge in [-0.05, 0) is 0 Å². The topological polar surface area (TPSA) is 116 Å². The minimum atomic E-state index is -2.76. The number of halogens is 2. The van der Waals surface area contributed by atoms with Crippen molar-refractivity contribution >= 4 is 11.6 Å². The Kier molecular flexibility index (Phi) is 3.83. The molecule has 0 amide bonds. The second-order valence-corrected chi connectivity index (χ2v) is 2.49. The maximum absolute atomic E-state index is 11.9. The zero-order valence-corrected chi connectivity index (χ0v) is 7.76. The number of nitrogen functional groups attached to an aromatic ring is 1. The summed E-state index contributed by atoms with van der Waals surface area (Å²) in [6.45, 7) is -0.998. The third kappa shape index (κ3) is 2.95. The van der Waals surface area contributed by atoms with Crippen LogP contribution in [0.5, 0.6) is 5.88 Å². The molecule has 10 heteroatoms. The number of aromatic nitrogens is 2. The Balaban J connectivity index is 2.96. The van der Waals surface area contributed by atoms with Gasteiger partial charge in [-0.25, -0.2) is 19.6 Å². The maximum atomic E-state index is 11.9. The molecular formula is C6H7F2N5O3. The van der Waals surface area contributed by atoms with Gasteiger partial charge < -0.3 is 4.74 Å². The van der Waals surface area contributed by atoms with Gasteiger partial charge in [-0.1, -0.05) is 0 Å². The van der Waals surface area contributed by atoms with Crippen molar-refractivity contribution in [1.82, 2.24) is 9.97 Å². The maximum Gasteiger partial charge on any atom is 0.349 e. The molecule has 3 N–H and O–H groups in total. The largest absolute Gasteiger partial charge is 0.467 e. The van der Waals surface area contributed by atoms with Gasteiger partial charge in [0.1, 0.15) is 6.20 Å². The second kappa shape index (κ2) is 5.11. The molecule has 16 heavy (non-hydrogen) atoms. The lowest BCUT2D eigenvalue weighted by molar-refractivity contribution is -0.386. The Morgan fingerprint density at radius 3 is 2.88 bits per heavy atom. The molecule has 0 aromatic carbocycles. The highest BCUT2D eigenvalue weighted by molar-refractivity contribution is 5.42. The van der Waals surface area contributed by atoms with Crippen LogP contribution in [0.15, 0.2) is 6.20 Å². The number of nitrogens with two attached hydrogens (primary N) is 1. The van der Waals surface area contributed by atoms with E-state index in [1.807, 2.05) is 5.43 Å². The van der Waals surface area contributed by atoms with Gasteiger partial charge in [0.2, 0.25) is 5.95 Å². The lowest BCUT2D eigenvalue weighted by Crippen LogP contribution is -2.14. The number of hydrogen-bond donors (Lipinski definition) is 2. The fourth-order valence-electron chi connectivity index (χ4n) is 0.803. The highest BCUT2D eigenvalue weighted by Crippen LogP contribution is 2.24. The van der Waals surface area contributed by atoms with Crippen LogP contribution in [-0.2, 0) is 0 Å². The van der Waals surface area contributed by atoms with Gasteiger partial charge in [0.05, 0.1) is 4.92 Å². The zero-order chi connectivity index (χ0) is 12.1. The van der Waals surface area contributed by atoms with E-state index >= 15 is 0 Å². The molecule has 0 fully saturated rings. The summed E-state index contributed by atoms with van der Waals surface area (Å²) in [5, 5.41) is 10.5. The summed E-state index contributed by atoms with van der Waals surface area (Å²) in [5.74, 6) is 4.22. The third-order valence-corrected chi connectivity index (χ3v) is 1.41. The molecule has 1 aromatic rings. The third-order valence-electron chi connectivity index (χ3n) is 1.41. The quantitative estimate of drug-likeness (QED) is 0.428. The molecule has 0 unspecified atom stereocenters. The van der Waals surface area contributed by atoms with Gasteiger partial charge in [-0.2, -0.15) is 4.98 Å². The van der Waals surface area contributed by atoms with E-state index in [9.17, 15) is 18.9 Å². The van der Waals surface area contributed by atoms with Gasteiger partial charge in [0.15, 0.2) is 6.61 Å². The van der Waals surface area contributed by atoms with Gasteiger partial charge in [-0.3, -0.25) is 15.5 Å². The molecular weight excluding hydrogens is 228 g/mol. The first-order valence-electron chi connectivity index (χ1n) is 3.93. The molecule has 0 aliphatic carbocycles. The average Bonchev–Trinajstić information content (AvgIpc) is 2.25. The first-order chi connectivity index (χ1) is 7.54. The number of ether oxygens (including phenoxy) is 1. The second-order valence-electron chi connectivity index (χ2n) is 2.49.